The lowest BCUT2D eigenvalue weighted by atomic mass is 9.83. The number of pyridine rings is 2. The van der Waals surface area contributed by atoms with Gasteiger partial charge in [0.25, 0.3) is 5.91 Å². The molecule has 2 heterocycles. The summed E-state index contributed by atoms with van der Waals surface area (Å²) in [6.07, 6.45) is 10.6. The second-order valence-corrected chi connectivity index (χ2v) is 7.80. The first-order chi connectivity index (χ1) is 14.5. The average Bonchev–Trinajstić information content (AvgIpc) is 2.72. The van der Waals surface area contributed by atoms with Crippen LogP contribution in [0.25, 0.3) is 5.57 Å². The summed E-state index contributed by atoms with van der Waals surface area (Å²) in [6.45, 7) is 6.27. The van der Waals surface area contributed by atoms with Crippen molar-refractivity contribution >= 4 is 34.6 Å². The van der Waals surface area contributed by atoms with Crippen molar-refractivity contribution in [3.63, 3.8) is 0 Å². The minimum atomic E-state index is -0.686. The van der Waals surface area contributed by atoms with Crippen LogP contribution in [0, 0.1) is 5.92 Å². The van der Waals surface area contributed by atoms with Gasteiger partial charge in [0.05, 0.1) is 11.9 Å². The molecule has 0 atom stereocenters. The SMILES string of the molecule is C=CC(=CC=C(C)Cl)c1ccncc1NC(=O)c1ccnc(NCC2CC(F)C2)c1. The highest BCUT2D eigenvalue weighted by Crippen LogP contribution is 2.30. The van der Waals surface area contributed by atoms with Gasteiger partial charge in [0.2, 0.25) is 0 Å². The molecule has 0 spiro atoms. The Kier molecular flexibility index (Phi) is 7.36. The fourth-order valence-corrected chi connectivity index (χ4v) is 3.21. The summed E-state index contributed by atoms with van der Waals surface area (Å²) in [6, 6.07) is 5.12. The maximum Gasteiger partial charge on any atom is 0.255 e. The van der Waals surface area contributed by atoms with Crippen molar-refractivity contribution in [2.45, 2.75) is 25.9 Å². The molecule has 30 heavy (non-hydrogen) atoms. The molecule has 2 aromatic rings. The molecule has 5 nitrogen and oxygen atoms in total. The van der Waals surface area contributed by atoms with E-state index in [0.717, 1.165) is 11.1 Å². The van der Waals surface area contributed by atoms with E-state index in [1.165, 1.54) is 0 Å². The Hall–Kier alpha value is -2.99. The van der Waals surface area contributed by atoms with Gasteiger partial charge in [-0.05, 0) is 55.5 Å². The van der Waals surface area contributed by atoms with Crippen LogP contribution < -0.4 is 10.6 Å². The maximum atomic E-state index is 13.0. The molecule has 2 N–H and O–H groups in total. The van der Waals surface area contributed by atoms with E-state index < -0.39 is 6.17 Å². The minimum Gasteiger partial charge on any atom is -0.370 e. The van der Waals surface area contributed by atoms with Crippen molar-refractivity contribution < 1.29 is 9.18 Å². The van der Waals surface area contributed by atoms with Crippen LogP contribution in [0.3, 0.4) is 0 Å². The summed E-state index contributed by atoms with van der Waals surface area (Å²) in [5.74, 6) is 0.618. The third kappa shape index (κ3) is 5.76. The molecule has 0 bridgehead atoms. The molecular formula is C23H24ClFN4O. The number of rotatable bonds is 8. The molecule has 0 saturated heterocycles. The Labute approximate surface area is 180 Å². The van der Waals surface area contributed by atoms with E-state index in [1.54, 1.807) is 55.9 Å². The van der Waals surface area contributed by atoms with Gasteiger partial charge in [0, 0.05) is 35.1 Å². The highest BCUT2D eigenvalue weighted by molar-refractivity contribution is 6.29. The largest absolute Gasteiger partial charge is 0.370 e. The average molecular weight is 427 g/mol. The maximum absolute atomic E-state index is 13.0. The van der Waals surface area contributed by atoms with Crippen LogP contribution in [0.1, 0.15) is 35.7 Å². The van der Waals surface area contributed by atoms with Gasteiger partial charge in [0.1, 0.15) is 12.0 Å². The van der Waals surface area contributed by atoms with Crippen LogP contribution >= 0.6 is 11.6 Å². The number of nitrogens with one attached hydrogen (secondary N) is 2. The zero-order valence-electron chi connectivity index (χ0n) is 16.7. The summed E-state index contributed by atoms with van der Waals surface area (Å²) in [5.41, 5.74) is 2.60. The first-order valence-corrected chi connectivity index (χ1v) is 10.1. The van der Waals surface area contributed by atoms with Gasteiger partial charge < -0.3 is 10.6 Å². The number of amides is 1. The highest BCUT2D eigenvalue weighted by atomic mass is 35.5. The second kappa shape index (κ2) is 10.2. The van der Waals surface area contributed by atoms with Crippen molar-refractivity contribution in [2.75, 3.05) is 17.2 Å². The van der Waals surface area contributed by atoms with E-state index in [4.69, 9.17) is 11.6 Å². The number of nitrogens with zero attached hydrogens (tertiary/aromatic N) is 2. The van der Waals surface area contributed by atoms with E-state index >= 15 is 0 Å². The predicted octanol–water partition coefficient (Wildman–Crippen LogP) is 5.60. The van der Waals surface area contributed by atoms with Crippen molar-refractivity contribution in [1.82, 2.24) is 9.97 Å². The lowest BCUT2D eigenvalue weighted by Gasteiger charge is -2.29. The van der Waals surface area contributed by atoms with Crippen molar-refractivity contribution in [1.29, 1.82) is 0 Å². The van der Waals surface area contributed by atoms with Crippen LogP contribution in [0.4, 0.5) is 15.9 Å². The van der Waals surface area contributed by atoms with Crippen LogP contribution in [0.2, 0.25) is 0 Å². The topological polar surface area (TPSA) is 66.9 Å². The normalized spacial score (nSPS) is 19.0. The number of hydrogen-bond acceptors (Lipinski definition) is 4. The molecular weight excluding hydrogens is 403 g/mol. The Morgan fingerprint density at radius 1 is 1.33 bits per heavy atom. The summed E-state index contributed by atoms with van der Waals surface area (Å²) in [4.78, 5) is 21.2. The standard InChI is InChI=1S/C23H24ClFN4O/c1-3-17(5-4-15(2)24)20-7-8-26-14-21(20)29-23(30)18-6-9-27-22(12-18)28-13-16-10-19(25)11-16/h3-9,12,14,16,19H,1,10-11,13H2,2H3,(H,27,28)(H,29,30). The molecule has 3 rings (SSSR count). The smallest absolute Gasteiger partial charge is 0.255 e. The van der Waals surface area contributed by atoms with E-state index in [9.17, 15) is 9.18 Å². The number of alkyl halides is 1. The summed E-state index contributed by atoms with van der Waals surface area (Å²) >= 11 is 5.92. The van der Waals surface area contributed by atoms with Crippen LogP contribution in [0.5, 0.6) is 0 Å². The number of carbonyl (C=O) groups is 1. The van der Waals surface area contributed by atoms with Gasteiger partial charge in [-0.1, -0.05) is 30.3 Å². The third-order valence-electron chi connectivity index (χ3n) is 4.86. The van der Waals surface area contributed by atoms with Crippen LogP contribution in [0.15, 0.2) is 66.6 Å². The van der Waals surface area contributed by atoms with E-state index in [2.05, 4.69) is 27.2 Å². The number of hydrogen-bond donors (Lipinski definition) is 2. The number of halogens is 2. The fourth-order valence-electron chi connectivity index (χ4n) is 3.15. The van der Waals surface area contributed by atoms with Gasteiger partial charge in [-0.3, -0.25) is 9.78 Å². The van der Waals surface area contributed by atoms with Gasteiger partial charge in [-0.2, -0.15) is 0 Å². The lowest BCUT2D eigenvalue weighted by molar-refractivity contribution is 0.102. The molecule has 0 aromatic carbocycles. The molecule has 1 fully saturated rings. The van der Waals surface area contributed by atoms with Gasteiger partial charge in [-0.15, -0.1) is 0 Å². The summed E-state index contributed by atoms with van der Waals surface area (Å²) < 4.78 is 13.0. The zero-order valence-corrected chi connectivity index (χ0v) is 17.5. The van der Waals surface area contributed by atoms with E-state index in [0.29, 0.717) is 47.4 Å². The third-order valence-corrected chi connectivity index (χ3v) is 4.99. The molecule has 1 aliphatic rings. The Bertz CT molecular complexity index is 979. The van der Waals surface area contributed by atoms with Gasteiger partial charge in [0.15, 0.2) is 0 Å². The van der Waals surface area contributed by atoms with Crippen LogP contribution in [-0.2, 0) is 0 Å². The van der Waals surface area contributed by atoms with E-state index in [1.807, 2.05) is 6.08 Å². The zero-order chi connectivity index (χ0) is 21.5. The first kappa shape index (κ1) is 21.7. The Morgan fingerprint density at radius 2 is 2.13 bits per heavy atom. The van der Waals surface area contributed by atoms with Gasteiger partial charge >= 0.3 is 0 Å². The predicted molar refractivity (Wildman–Crippen MR) is 120 cm³/mol. The molecule has 1 aliphatic carbocycles. The summed E-state index contributed by atoms with van der Waals surface area (Å²) in [7, 11) is 0. The second-order valence-electron chi connectivity index (χ2n) is 7.20. The molecule has 156 valence electrons. The van der Waals surface area contributed by atoms with Crippen molar-refractivity contribution in [2.24, 2.45) is 5.92 Å². The Morgan fingerprint density at radius 3 is 2.83 bits per heavy atom. The lowest BCUT2D eigenvalue weighted by Crippen LogP contribution is -2.30. The molecule has 1 saturated carbocycles. The number of carbonyl (C=O) groups excluding carboxylic acids is 1. The Balaban J connectivity index is 1.73. The highest BCUT2D eigenvalue weighted by Gasteiger charge is 2.28. The summed E-state index contributed by atoms with van der Waals surface area (Å²) in [5, 5.41) is 6.72. The molecule has 2 aromatic heterocycles. The minimum absolute atomic E-state index is 0.283. The number of allylic oxidation sites excluding steroid dienone is 5. The monoisotopic (exact) mass is 426 g/mol. The molecule has 0 unspecified atom stereocenters. The molecule has 1 amide bonds. The molecule has 0 radical (unpaired) electrons. The first-order valence-electron chi connectivity index (χ1n) is 9.72. The van der Waals surface area contributed by atoms with Crippen molar-refractivity contribution in [3.05, 3.63) is 77.8 Å². The quantitative estimate of drug-likeness (QED) is 0.539. The fraction of sp³-hybridized carbons (Fsp3) is 0.261. The van der Waals surface area contributed by atoms with E-state index in [-0.39, 0.29) is 5.91 Å². The number of anilines is 2. The van der Waals surface area contributed by atoms with Crippen LogP contribution in [-0.4, -0.2) is 28.6 Å². The molecule has 0 aliphatic heterocycles. The molecule has 7 heteroatoms. The van der Waals surface area contributed by atoms with Gasteiger partial charge in [-0.25, -0.2) is 9.37 Å². The number of aromatic nitrogens is 2. The van der Waals surface area contributed by atoms with Crippen molar-refractivity contribution in [3.8, 4) is 0 Å².